The van der Waals surface area contributed by atoms with Crippen LogP contribution in [0.2, 0.25) is 5.02 Å². The summed E-state index contributed by atoms with van der Waals surface area (Å²) in [5.74, 6) is -0.987. The number of fused-ring (bicyclic) bond motifs is 1. The number of pyridine rings is 1. The average molecular weight is 368 g/mol. The normalized spacial score (nSPS) is 16.0. The topological polar surface area (TPSA) is 87.7 Å². The number of carboxylic acids is 1. The van der Waals surface area contributed by atoms with Crippen LogP contribution in [0.1, 0.15) is 12.0 Å². The number of benzene rings is 1. The van der Waals surface area contributed by atoms with Crippen LogP contribution in [0.3, 0.4) is 0 Å². The molecule has 3 aromatic rings. The number of aliphatic carboxylic acids is 1. The molecular weight excluding hydrogens is 354 g/mol. The third kappa shape index (κ3) is 2.74. The molecule has 7 heteroatoms. The van der Waals surface area contributed by atoms with Crippen LogP contribution in [0.5, 0.6) is 5.88 Å². The van der Waals surface area contributed by atoms with E-state index < -0.39 is 12.0 Å². The molecule has 0 spiro atoms. The molecular formula is C19H14ClN3O3. The number of carbonyl (C=O) groups is 1. The quantitative estimate of drug-likeness (QED) is 0.740. The standard InChI is InChI=1S/C19H14ClN3O3/c20-11-3-4-13-15(9-17(19(25)26)22-16(13)8-11)14-5-7-23(18(14)24)12-2-1-6-21-10-12/h1-8,10,17,24H,9H2,(H,25,26). The Balaban J connectivity index is 1.93. The molecule has 130 valence electrons. The van der Waals surface area contributed by atoms with Crippen LogP contribution in [0.25, 0.3) is 11.3 Å². The maximum atomic E-state index is 11.5. The highest BCUT2D eigenvalue weighted by Crippen LogP contribution is 2.31. The Hall–Kier alpha value is -3.12. The molecule has 0 saturated heterocycles. The van der Waals surface area contributed by atoms with Gasteiger partial charge >= 0.3 is 5.97 Å². The van der Waals surface area contributed by atoms with Crippen LogP contribution in [0.15, 0.2) is 60.0 Å². The predicted octanol–water partition coefficient (Wildman–Crippen LogP) is 1.91. The zero-order chi connectivity index (χ0) is 18.3. The summed E-state index contributed by atoms with van der Waals surface area (Å²) in [4.78, 5) is 19.9. The first-order valence-corrected chi connectivity index (χ1v) is 8.33. The van der Waals surface area contributed by atoms with Gasteiger partial charge in [0.2, 0.25) is 5.88 Å². The van der Waals surface area contributed by atoms with Crippen molar-refractivity contribution < 1.29 is 15.0 Å². The monoisotopic (exact) mass is 367 g/mol. The first kappa shape index (κ1) is 16.4. The maximum Gasteiger partial charge on any atom is 0.328 e. The van der Waals surface area contributed by atoms with Gasteiger partial charge in [-0.25, -0.2) is 4.79 Å². The van der Waals surface area contributed by atoms with Gasteiger partial charge in [-0.3, -0.25) is 14.5 Å². The maximum absolute atomic E-state index is 11.5. The van der Waals surface area contributed by atoms with Gasteiger partial charge in [0.1, 0.15) is 0 Å². The minimum Gasteiger partial charge on any atom is -0.494 e. The second-order valence-electron chi connectivity index (χ2n) is 5.96. The second kappa shape index (κ2) is 6.31. The van der Waals surface area contributed by atoms with Gasteiger partial charge in [0.05, 0.1) is 17.2 Å². The summed E-state index contributed by atoms with van der Waals surface area (Å²) in [6, 6.07) is 9.62. The molecule has 0 amide bonds. The highest BCUT2D eigenvalue weighted by Gasteiger charge is 2.25. The molecule has 1 aliphatic rings. The van der Waals surface area contributed by atoms with Gasteiger partial charge in [-0.1, -0.05) is 17.7 Å². The predicted molar refractivity (Wildman–Crippen MR) is 96.0 cm³/mol. The van der Waals surface area contributed by atoms with E-state index in [0.29, 0.717) is 21.6 Å². The Kier molecular flexibility index (Phi) is 3.97. The van der Waals surface area contributed by atoms with E-state index in [-0.39, 0.29) is 12.3 Å². The second-order valence-corrected chi connectivity index (χ2v) is 6.40. The van der Waals surface area contributed by atoms with Crippen molar-refractivity contribution in [1.82, 2.24) is 9.55 Å². The lowest BCUT2D eigenvalue weighted by Crippen LogP contribution is -2.37. The molecule has 6 nitrogen and oxygen atoms in total. The number of halogens is 1. The Labute approximate surface area is 153 Å². The van der Waals surface area contributed by atoms with E-state index >= 15 is 0 Å². The van der Waals surface area contributed by atoms with Crippen molar-refractivity contribution in [1.29, 1.82) is 0 Å². The molecule has 1 unspecified atom stereocenters. The molecule has 0 bridgehead atoms. The number of aromatic nitrogens is 2. The lowest BCUT2D eigenvalue weighted by atomic mass is 9.95. The molecule has 0 aliphatic carbocycles. The van der Waals surface area contributed by atoms with E-state index in [9.17, 15) is 15.0 Å². The summed E-state index contributed by atoms with van der Waals surface area (Å²) < 4.78 is 1.60. The van der Waals surface area contributed by atoms with E-state index in [1.807, 2.05) is 6.07 Å². The number of carboxylic acid groups (broad SMARTS) is 1. The Morgan fingerprint density at radius 3 is 2.85 bits per heavy atom. The lowest BCUT2D eigenvalue weighted by molar-refractivity contribution is -0.138. The molecule has 1 aromatic carbocycles. The summed E-state index contributed by atoms with van der Waals surface area (Å²) in [7, 11) is 0. The van der Waals surface area contributed by atoms with Crippen molar-refractivity contribution in [2.75, 3.05) is 0 Å². The first-order chi connectivity index (χ1) is 12.5. The molecule has 3 heterocycles. The fourth-order valence-electron chi connectivity index (χ4n) is 3.15. The van der Waals surface area contributed by atoms with Gasteiger partial charge in [0.15, 0.2) is 6.04 Å². The Morgan fingerprint density at radius 2 is 2.12 bits per heavy atom. The van der Waals surface area contributed by atoms with Crippen molar-refractivity contribution in [3.05, 3.63) is 76.2 Å². The van der Waals surface area contributed by atoms with Crippen LogP contribution >= 0.6 is 11.6 Å². The third-order valence-electron chi connectivity index (χ3n) is 4.37. The zero-order valence-corrected chi connectivity index (χ0v) is 14.3. The molecule has 4 rings (SSSR count). The number of hydrogen-bond acceptors (Lipinski definition) is 4. The smallest absolute Gasteiger partial charge is 0.328 e. The van der Waals surface area contributed by atoms with Crippen LogP contribution in [-0.4, -0.2) is 31.8 Å². The molecule has 1 atom stereocenters. The van der Waals surface area contributed by atoms with Crippen LogP contribution in [-0.2, 0) is 4.79 Å². The Morgan fingerprint density at radius 1 is 1.27 bits per heavy atom. The summed E-state index contributed by atoms with van der Waals surface area (Å²) in [6.45, 7) is 0. The van der Waals surface area contributed by atoms with Crippen LogP contribution < -0.4 is 10.6 Å². The molecule has 2 aromatic heterocycles. The number of hydrogen-bond donors (Lipinski definition) is 2. The summed E-state index contributed by atoms with van der Waals surface area (Å²) in [6.07, 6.45) is 5.21. The van der Waals surface area contributed by atoms with Gasteiger partial charge in [0.25, 0.3) is 0 Å². The van der Waals surface area contributed by atoms with E-state index in [1.165, 1.54) is 0 Å². The molecule has 1 aliphatic heterocycles. The van der Waals surface area contributed by atoms with Crippen LogP contribution in [0, 0.1) is 0 Å². The fourth-order valence-corrected chi connectivity index (χ4v) is 3.31. The van der Waals surface area contributed by atoms with Crippen molar-refractivity contribution >= 4 is 23.1 Å². The molecule has 0 radical (unpaired) electrons. The zero-order valence-electron chi connectivity index (χ0n) is 13.5. The van der Waals surface area contributed by atoms with Gasteiger partial charge in [-0.15, -0.1) is 0 Å². The van der Waals surface area contributed by atoms with E-state index in [0.717, 1.165) is 10.8 Å². The fraction of sp³-hybridized carbons (Fsp3) is 0.105. The van der Waals surface area contributed by atoms with Crippen molar-refractivity contribution in [3.63, 3.8) is 0 Å². The summed E-state index contributed by atoms with van der Waals surface area (Å²) >= 11 is 6.04. The van der Waals surface area contributed by atoms with Gasteiger partial charge < -0.3 is 10.2 Å². The van der Waals surface area contributed by atoms with Crippen molar-refractivity contribution in [2.45, 2.75) is 12.5 Å². The average Bonchev–Trinajstić information content (AvgIpc) is 3.02. The third-order valence-corrected chi connectivity index (χ3v) is 4.61. The number of nitrogens with zero attached hydrogens (tertiary/aromatic N) is 3. The largest absolute Gasteiger partial charge is 0.494 e. The van der Waals surface area contributed by atoms with E-state index in [4.69, 9.17) is 11.6 Å². The first-order valence-electron chi connectivity index (χ1n) is 7.95. The highest BCUT2D eigenvalue weighted by molar-refractivity contribution is 6.30. The molecule has 2 N–H and O–H groups in total. The van der Waals surface area contributed by atoms with Gasteiger partial charge in [-0.2, -0.15) is 0 Å². The minimum absolute atomic E-state index is 0.0277. The highest BCUT2D eigenvalue weighted by atomic mass is 35.5. The van der Waals surface area contributed by atoms with E-state index in [1.54, 1.807) is 53.5 Å². The Bertz CT molecular complexity index is 1120. The van der Waals surface area contributed by atoms with Crippen molar-refractivity contribution in [2.24, 2.45) is 4.99 Å². The van der Waals surface area contributed by atoms with Gasteiger partial charge in [-0.05, 0) is 35.9 Å². The molecule has 0 fully saturated rings. The van der Waals surface area contributed by atoms with Crippen molar-refractivity contribution in [3.8, 4) is 11.6 Å². The van der Waals surface area contributed by atoms with E-state index in [2.05, 4.69) is 9.98 Å². The summed E-state index contributed by atoms with van der Waals surface area (Å²) in [5.41, 5.74) is 2.00. The minimum atomic E-state index is -1.01. The number of rotatable bonds is 3. The molecule has 0 saturated carbocycles. The van der Waals surface area contributed by atoms with Crippen LogP contribution in [0.4, 0.5) is 0 Å². The lowest BCUT2D eigenvalue weighted by Gasteiger charge is -2.16. The number of aromatic hydroxyl groups is 1. The van der Waals surface area contributed by atoms with Gasteiger partial charge in [0, 0.05) is 34.6 Å². The summed E-state index contributed by atoms with van der Waals surface area (Å²) in [5, 5.41) is 21.9. The molecule has 26 heavy (non-hydrogen) atoms. The SMILES string of the molecule is O=C(O)C1CC(c2ccn(-c3cccnc3)c2O)=c2ccc(Cl)cc2=N1.